The van der Waals surface area contributed by atoms with Crippen molar-refractivity contribution in [2.75, 3.05) is 0 Å². The Hall–Kier alpha value is -4.39. The van der Waals surface area contributed by atoms with Crippen LogP contribution < -0.4 is 0 Å². The average molecular weight is 451 g/mol. The van der Waals surface area contributed by atoms with E-state index in [1.54, 1.807) is 0 Å². The van der Waals surface area contributed by atoms with Crippen LogP contribution in [0.4, 0.5) is 0 Å². The maximum absolute atomic E-state index is 10.1. The van der Waals surface area contributed by atoms with Gasteiger partial charge in [0, 0.05) is 36.5 Å². The van der Waals surface area contributed by atoms with Crippen LogP contribution in [0.15, 0.2) is 109 Å². The van der Waals surface area contributed by atoms with E-state index in [4.69, 9.17) is 0 Å². The first-order chi connectivity index (χ1) is 16.8. The third-order valence-electron chi connectivity index (χ3n) is 6.65. The summed E-state index contributed by atoms with van der Waals surface area (Å²) >= 11 is 1.81. The van der Waals surface area contributed by atoms with Gasteiger partial charge >= 0.3 is 0 Å². The number of para-hydroxylation sites is 2. The Morgan fingerprint density at radius 3 is 1.97 bits per heavy atom. The third kappa shape index (κ3) is 2.67. The number of fused-ring (bicyclic) bond motifs is 6. The molecular formula is C31H18N2S. The Kier molecular flexibility index (Phi) is 4.11. The summed E-state index contributed by atoms with van der Waals surface area (Å²) in [5.74, 6) is 0. The molecule has 0 fully saturated rings. The fourth-order valence-electron chi connectivity index (χ4n) is 5.19. The number of aromatic nitrogens is 1. The van der Waals surface area contributed by atoms with E-state index in [1.165, 1.54) is 30.9 Å². The topological polar surface area (TPSA) is 28.7 Å². The first-order valence-electron chi connectivity index (χ1n) is 11.3. The molecule has 0 N–H and O–H groups in total. The lowest BCUT2D eigenvalue weighted by Crippen LogP contribution is -1.99. The number of thiophene rings is 1. The standard InChI is InChI=1S/C31H18N2S/c32-19-21-8-7-14-28(33-26-12-4-1-9-22(26)23-10-2-5-13-27(23)33)31(21)20-16-17-30-25(18-20)24-11-3-6-15-29(24)34-30/h1-18H. The van der Waals surface area contributed by atoms with Gasteiger partial charge in [0.05, 0.1) is 28.4 Å². The van der Waals surface area contributed by atoms with E-state index in [9.17, 15) is 5.26 Å². The average Bonchev–Trinajstić information content (AvgIpc) is 3.43. The van der Waals surface area contributed by atoms with Gasteiger partial charge in [-0.15, -0.1) is 11.3 Å². The summed E-state index contributed by atoms with van der Waals surface area (Å²) in [6, 6.07) is 40.6. The minimum atomic E-state index is 0.679. The molecule has 0 spiro atoms. The van der Waals surface area contributed by atoms with Crippen molar-refractivity contribution in [3.05, 3.63) is 115 Å². The molecule has 0 radical (unpaired) electrons. The number of nitriles is 1. The molecule has 158 valence electrons. The molecule has 0 bridgehead atoms. The highest BCUT2D eigenvalue weighted by molar-refractivity contribution is 7.25. The zero-order chi connectivity index (χ0) is 22.6. The molecule has 2 nitrogen and oxygen atoms in total. The van der Waals surface area contributed by atoms with E-state index in [1.807, 2.05) is 23.5 Å². The third-order valence-corrected chi connectivity index (χ3v) is 7.80. The molecule has 2 aromatic heterocycles. The largest absolute Gasteiger partial charge is 0.309 e. The van der Waals surface area contributed by atoms with Crippen molar-refractivity contribution in [2.45, 2.75) is 0 Å². The van der Waals surface area contributed by atoms with Crippen LogP contribution in [0.5, 0.6) is 0 Å². The molecular weight excluding hydrogens is 432 g/mol. The lowest BCUT2D eigenvalue weighted by atomic mass is 9.96. The molecule has 2 heterocycles. The molecule has 0 saturated carbocycles. The molecule has 34 heavy (non-hydrogen) atoms. The lowest BCUT2D eigenvalue weighted by Gasteiger charge is -2.15. The predicted octanol–water partition coefficient (Wildman–Crippen LogP) is 8.69. The monoisotopic (exact) mass is 450 g/mol. The molecule has 0 aliphatic rings. The van der Waals surface area contributed by atoms with Gasteiger partial charge in [-0.05, 0) is 48.0 Å². The van der Waals surface area contributed by atoms with Crippen LogP contribution in [0.3, 0.4) is 0 Å². The SMILES string of the molecule is N#Cc1cccc(-n2c3ccccc3c3ccccc32)c1-c1ccc2sc3ccccc3c2c1. The summed E-state index contributed by atoms with van der Waals surface area (Å²) < 4.78 is 4.85. The minimum Gasteiger partial charge on any atom is -0.309 e. The van der Waals surface area contributed by atoms with E-state index in [0.29, 0.717) is 5.56 Å². The molecule has 0 atom stereocenters. The van der Waals surface area contributed by atoms with Crippen molar-refractivity contribution in [3.63, 3.8) is 0 Å². The molecule has 0 aliphatic heterocycles. The summed E-state index contributed by atoms with van der Waals surface area (Å²) in [5.41, 5.74) is 6.01. The number of hydrogen-bond acceptors (Lipinski definition) is 2. The Bertz CT molecular complexity index is 1880. The van der Waals surface area contributed by atoms with E-state index in [0.717, 1.165) is 27.8 Å². The van der Waals surface area contributed by atoms with Crippen LogP contribution in [0, 0.1) is 11.3 Å². The quantitative estimate of drug-likeness (QED) is 0.259. The Balaban J connectivity index is 1.60. The zero-order valence-electron chi connectivity index (χ0n) is 18.2. The van der Waals surface area contributed by atoms with E-state index >= 15 is 0 Å². The van der Waals surface area contributed by atoms with Gasteiger partial charge in [0.15, 0.2) is 0 Å². The summed E-state index contributed by atoms with van der Waals surface area (Å²) in [7, 11) is 0. The van der Waals surface area contributed by atoms with E-state index in [2.05, 4.69) is 108 Å². The number of hydrogen-bond donors (Lipinski definition) is 0. The van der Waals surface area contributed by atoms with Gasteiger partial charge in [0.2, 0.25) is 0 Å². The van der Waals surface area contributed by atoms with Crippen molar-refractivity contribution in [2.24, 2.45) is 0 Å². The normalized spacial score (nSPS) is 11.5. The van der Waals surface area contributed by atoms with Gasteiger partial charge in [-0.2, -0.15) is 5.26 Å². The van der Waals surface area contributed by atoms with E-state index in [-0.39, 0.29) is 0 Å². The molecule has 0 saturated heterocycles. The summed E-state index contributed by atoms with van der Waals surface area (Å²) in [6.45, 7) is 0. The van der Waals surface area contributed by atoms with Crippen molar-refractivity contribution in [1.29, 1.82) is 5.26 Å². The highest BCUT2D eigenvalue weighted by Crippen LogP contribution is 2.40. The molecule has 7 rings (SSSR count). The minimum absolute atomic E-state index is 0.679. The van der Waals surface area contributed by atoms with Gasteiger partial charge in [0.1, 0.15) is 0 Å². The second-order valence-electron chi connectivity index (χ2n) is 8.49. The Morgan fingerprint density at radius 2 is 1.24 bits per heavy atom. The van der Waals surface area contributed by atoms with Crippen LogP contribution in [0.25, 0.3) is 58.8 Å². The smallest absolute Gasteiger partial charge is 0.0998 e. The maximum Gasteiger partial charge on any atom is 0.0998 e. The van der Waals surface area contributed by atoms with Crippen molar-refractivity contribution < 1.29 is 0 Å². The molecule has 0 aliphatic carbocycles. The number of nitrogens with zero attached hydrogens (tertiary/aromatic N) is 2. The molecule has 5 aromatic carbocycles. The van der Waals surface area contributed by atoms with Gasteiger partial charge in [-0.25, -0.2) is 0 Å². The van der Waals surface area contributed by atoms with Crippen molar-refractivity contribution >= 4 is 53.3 Å². The first-order valence-corrected chi connectivity index (χ1v) is 12.1. The predicted molar refractivity (Wildman–Crippen MR) is 144 cm³/mol. The molecule has 3 heteroatoms. The zero-order valence-corrected chi connectivity index (χ0v) is 19.0. The lowest BCUT2D eigenvalue weighted by molar-refractivity contribution is 1.18. The van der Waals surface area contributed by atoms with Gasteiger partial charge in [0.25, 0.3) is 0 Å². The van der Waals surface area contributed by atoms with E-state index < -0.39 is 0 Å². The fourth-order valence-corrected chi connectivity index (χ4v) is 6.27. The second-order valence-corrected chi connectivity index (χ2v) is 9.57. The highest BCUT2D eigenvalue weighted by atomic mass is 32.1. The Morgan fingerprint density at radius 1 is 0.588 bits per heavy atom. The summed E-state index contributed by atoms with van der Waals surface area (Å²) in [6.07, 6.45) is 0. The van der Waals surface area contributed by atoms with Crippen molar-refractivity contribution in [3.8, 4) is 22.9 Å². The fraction of sp³-hybridized carbons (Fsp3) is 0. The van der Waals surface area contributed by atoms with Crippen molar-refractivity contribution in [1.82, 2.24) is 4.57 Å². The second kappa shape index (κ2) is 7.31. The maximum atomic E-state index is 10.1. The molecule has 7 aromatic rings. The molecule has 0 amide bonds. The summed E-state index contributed by atoms with van der Waals surface area (Å²) in [4.78, 5) is 0. The Labute approximate surface area is 200 Å². The highest BCUT2D eigenvalue weighted by Gasteiger charge is 2.18. The van der Waals surface area contributed by atoms with Gasteiger partial charge in [-0.3, -0.25) is 0 Å². The van der Waals surface area contributed by atoms with Gasteiger partial charge in [-0.1, -0.05) is 66.7 Å². The van der Waals surface area contributed by atoms with Crippen LogP contribution in [-0.4, -0.2) is 4.57 Å². The van der Waals surface area contributed by atoms with Gasteiger partial charge < -0.3 is 4.57 Å². The number of rotatable bonds is 2. The molecule has 0 unspecified atom stereocenters. The van der Waals surface area contributed by atoms with Crippen LogP contribution in [0.2, 0.25) is 0 Å². The van der Waals surface area contributed by atoms with Crippen LogP contribution in [0.1, 0.15) is 5.56 Å². The van der Waals surface area contributed by atoms with Crippen LogP contribution >= 0.6 is 11.3 Å². The summed E-state index contributed by atoms with van der Waals surface area (Å²) in [5, 5.41) is 15.0. The van der Waals surface area contributed by atoms with Crippen LogP contribution in [-0.2, 0) is 0 Å². The number of benzene rings is 5. The first kappa shape index (κ1) is 19.1.